The summed E-state index contributed by atoms with van der Waals surface area (Å²) in [4.78, 5) is 22.3. The molecule has 0 aromatic heterocycles. The number of thiocarbonyl (C=S) groups is 1. The Labute approximate surface area is 98.0 Å². The van der Waals surface area contributed by atoms with Crippen LogP contribution in [0.2, 0.25) is 0 Å². The Kier molecular flexibility index (Phi) is 4.49. The smallest absolute Gasteiger partial charge is 0.332 e. The fourth-order valence-electron chi connectivity index (χ4n) is 1.38. The van der Waals surface area contributed by atoms with E-state index in [4.69, 9.17) is 5.11 Å². The van der Waals surface area contributed by atoms with Crippen molar-refractivity contribution in [2.75, 3.05) is 6.54 Å². The van der Waals surface area contributed by atoms with E-state index in [1.807, 2.05) is 0 Å². The predicted molar refractivity (Wildman–Crippen MR) is 62.2 cm³/mol. The summed E-state index contributed by atoms with van der Waals surface area (Å²) in [6.07, 6.45) is 1.64. The Morgan fingerprint density at radius 1 is 1.60 bits per heavy atom. The van der Waals surface area contributed by atoms with Gasteiger partial charge in [-0.2, -0.15) is 0 Å². The number of carboxylic acid groups (broad SMARTS) is 1. The van der Waals surface area contributed by atoms with Gasteiger partial charge in [-0.1, -0.05) is 12.2 Å². The van der Waals surface area contributed by atoms with E-state index < -0.39 is 12.0 Å². The van der Waals surface area contributed by atoms with Crippen LogP contribution in [0.5, 0.6) is 0 Å². The van der Waals surface area contributed by atoms with Crippen molar-refractivity contribution in [3.8, 4) is 0 Å². The first kappa shape index (κ1) is 12.4. The second kappa shape index (κ2) is 5.43. The molecule has 15 heavy (non-hydrogen) atoms. The lowest BCUT2D eigenvalue weighted by Gasteiger charge is -2.15. The van der Waals surface area contributed by atoms with E-state index in [2.05, 4.69) is 35.5 Å². The average Bonchev–Trinajstić information content (AvgIpc) is 2.65. The maximum absolute atomic E-state index is 11.5. The Hall–Kier alpha value is -0.660. The molecule has 1 aliphatic heterocycles. The molecule has 1 aliphatic rings. The maximum atomic E-state index is 11.5. The zero-order chi connectivity index (χ0) is 11.4. The number of hydrogen-bond donors (Lipinski definition) is 4. The van der Waals surface area contributed by atoms with Gasteiger partial charge in [0.25, 0.3) is 0 Å². The molecule has 1 saturated heterocycles. The summed E-state index contributed by atoms with van der Waals surface area (Å²) >= 11 is 8.40. The fraction of sp³-hybridized carbons (Fsp3) is 0.625. The van der Waals surface area contributed by atoms with Crippen LogP contribution in [-0.2, 0) is 9.59 Å². The van der Waals surface area contributed by atoms with E-state index in [0.717, 1.165) is 19.4 Å². The third kappa shape index (κ3) is 3.44. The van der Waals surface area contributed by atoms with Gasteiger partial charge in [0.1, 0.15) is 0 Å². The van der Waals surface area contributed by atoms with Crippen LogP contribution in [-0.4, -0.2) is 39.8 Å². The highest BCUT2D eigenvalue weighted by Crippen LogP contribution is 2.05. The third-order valence-corrected chi connectivity index (χ3v) is 2.65. The predicted octanol–water partition coefficient (Wildman–Crippen LogP) is -0.435. The monoisotopic (exact) mass is 248 g/mol. The minimum Gasteiger partial charge on any atom is -0.479 e. The molecule has 0 unspecified atom stereocenters. The SMILES string of the molecule is O=C(O)[C@@H](NC(=O)[C@@H]1CCCN1)C(=S)S. The molecular weight excluding hydrogens is 236 g/mol. The Bertz CT molecular complexity index is 276. The van der Waals surface area contributed by atoms with Gasteiger partial charge in [-0.25, -0.2) is 4.79 Å². The van der Waals surface area contributed by atoms with Crippen molar-refractivity contribution >= 4 is 40.9 Å². The molecule has 0 bridgehead atoms. The molecule has 0 aromatic carbocycles. The van der Waals surface area contributed by atoms with Gasteiger partial charge in [-0.05, 0) is 19.4 Å². The molecule has 7 heteroatoms. The third-order valence-electron chi connectivity index (χ3n) is 2.16. The summed E-state index contributed by atoms with van der Waals surface area (Å²) < 4.78 is -0.0474. The molecule has 3 N–H and O–H groups in total. The van der Waals surface area contributed by atoms with Crippen LogP contribution in [0.4, 0.5) is 0 Å². The molecule has 0 aliphatic carbocycles. The zero-order valence-corrected chi connectivity index (χ0v) is 9.61. The van der Waals surface area contributed by atoms with Gasteiger partial charge in [0.05, 0.1) is 10.2 Å². The first-order chi connectivity index (χ1) is 7.02. The van der Waals surface area contributed by atoms with Gasteiger partial charge in [0.15, 0.2) is 6.04 Å². The minimum atomic E-state index is -1.20. The van der Waals surface area contributed by atoms with E-state index >= 15 is 0 Å². The Balaban J connectivity index is 2.54. The Morgan fingerprint density at radius 3 is 2.67 bits per heavy atom. The number of carbonyl (C=O) groups is 2. The van der Waals surface area contributed by atoms with Crippen molar-refractivity contribution in [3.05, 3.63) is 0 Å². The topological polar surface area (TPSA) is 78.4 Å². The molecular formula is C8H12N2O3S2. The summed E-state index contributed by atoms with van der Waals surface area (Å²) in [6.45, 7) is 0.779. The van der Waals surface area contributed by atoms with Crippen LogP contribution in [0.25, 0.3) is 0 Å². The molecule has 2 atom stereocenters. The quantitative estimate of drug-likeness (QED) is 0.401. The largest absolute Gasteiger partial charge is 0.479 e. The molecule has 0 aromatic rings. The number of aliphatic carboxylic acids is 1. The highest BCUT2D eigenvalue weighted by Gasteiger charge is 2.28. The minimum absolute atomic E-state index is 0.0474. The number of carbonyl (C=O) groups excluding carboxylic acids is 1. The van der Waals surface area contributed by atoms with Gasteiger partial charge < -0.3 is 15.7 Å². The highest BCUT2D eigenvalue weighted by atomic mass is 32.1. The number of carboxylic acids is 1. The normalized spacial score (nSPS) is 22.1. The molecule has 5 nitrogen and oxygen atoms in total. The number of amides is 1. The summed E-state index contributed by atoms with van der Waals surface area (Å²) in [5.41, 5.74) is 0. The highest BCUT2D eigenvalue weighted by molar-refractivity contribution is 8.11. The van der Waals surface area contributed by atoms with Crippen molar-refractivity contribution in [2.45, 2.75) is 24.9 Å². The Morgan fingerprint density at radius 2 is 2.27 bits per heavy atom. The summed E-state index contributed by atoms with van der Waals surface area (Å²) in [6, 6.07) is -1.51. The van der Waals surface area contributed by atoms with E-state index in [1.165, 1.54) is 0 Å². The second-order valence-corrected chi connectivity index (χ2v) is 4.49. The van der Waals surface area contributed by atoms with Crippen molar-refractivity contribution in [2.24, 2.45) is 0 Å². The van der Waals surface area contributed by atoms with Crippen LogP contribution in [0.15, 0.2) is 0 Å². The lowest BCUT2D eigenvalue weighted by Crippen LogP contribution is -2.50. The summed E-state index contributed by atoms with van der Waals surface area (Å²) in [5.74, 6) is -1.53. The van der Waals surface area contributed by atoms with Crippen LogP contribution >= 0.6 is 24.8 Å². The van der Waals surface area contributed by atoms with E-state index in [-0.39, 0.29) is 16.1 Å². The molecule has 1 rings (SSSR count). The first-order valence-electron chi connectivity index (χ1n) is 4.51. The van der Waals surface area contributed by atoms with Gasteiger partial charge in [-0.3, -0.25) is 4.79 Å². The molecule has 0 radical (unpaired) electrons. The van der Waals surface area contributed by atoms with Crippen molar-refractivity contribution in [1.29, 1.82) is 0 Å². The van der Waals surface area contributed by atoms with E-state index in [9.17, 15) is 9.59 Å². The van der Waals surface area contributed by atoms with Crippen LogP contribution in [0.1, 0.15) is 12.8 Å². The second-order valence-electron chi connectivity index (χ2n) is 3.27. The molecule has 84 valence electrons. The lowest BCUT2D eigenvalue weighted by atomic mass is 10.2. The van der Waals surface area contributed by atoms with Crippen LogP contribution in [0, 0.1) is 0 Å². The molecule has 1 heterocycles. The van der Waals surface area contributed by atoms with Crippen molar-refractivity contribution in [3.63, 3.8) is 0 Å². The van der Waals surface area contributed by atoms with Crippen molar-refractivity contribution in [1.82, 2.24) is 10.6 Å². The van der Waals surface area contributed by atoms with E-state index in [0.29, 0.717) is 0 Å². The number of nitrogens with one attached hydrogen (secondary N) is 2. The molecule has 1 fully saturated rings. The maximum Gasteiger partial charge on any atom is 0.332 e. The van der Waals surface area contributed by atoms with Gasteiger partial charge in [0.2, 0.25) is 5.91 Å². The van der Waals surface area contributed by atoms with E-state index in [1.54, 1.807) is 0 Å². The molecule has 0 spiro atoms. The standard InChI is InChI=1S/C8H12N2O3S2/c11-6(4-2-1-3-9-4)10-5(7(12)13)8(14)15/h4-5,9H,1-3H2,(H,10,11)(H,12,13)(H,14,15)/t4-,5+/m0/s1. The van der Waals surface area contributed by atoms with Gasteiger partial charge in [0, 0.05) is 0 Å². The first-order valence-corrected chi connectivity index (χ1v) is 5.37. The van der Waals surface area contributed by atoms with Gasteiger partial charge >= 0.3 is 5.97 Å². The van der Waals surface area contributed by atoms with Crippen LogP contribution < -0.4 is 10.6 Å². The fourth-order valence-corrected chi connectivity index (χ4v) is 1.72. The average molecular weight is 248 g/mol. The lowest BCUT2D eigenvalue weighted by molar-refractivity contribution is -0.139. The molecule has 0 saturated carbocycles. The number of rotatable bonds is 4. The summed E-state index contributed by atoms with van der Waals surface area (Å²) in [7, 11) is 0. The number of hydrogen-bond acceptors (Lipinski definition) is 4. The zero-order valence-electron chi connectivity index (χ0n) is 7.90. The van der Waals surface area contributed by atoms with Crippen molar-refractivity contribution < 1.29 is 14.7 Å². The molecule has 1 amide bonds. The summed E-state index contributed by atoms with van der Waals surface area (Å²) in [5, 5.41) is 14.1. The number of thiol groups is 1. The van der Waals surface area contributed by atoms with Gasteiger partial charge in [-0.15, -0.1) is 12.6 Å². The van der Waals surface area contributed by atoms with Crippen LogP contribution in [0.3, 0.4) is 0 Å².